The zero-order valence-corrected chi connectivity index (χ0v) is 13.0. The van der Waals surface area contributed by atoms with Crippen LogP contribution in [0.1, 0.15) is 37.7 Å². The summed E-state index contributed by atoms with van der Waals surface area (Å²) in [6.45, 7) is 2.44. The average Bonchev–Trinajstić information content (AvgIpc) is 2.47. The van der Waals surface area contributed by atoms with Gasteiger partial charge >= 0.3 is 0 Å². The largest absolute Gasteiger partial charge is 0.395 e. The number of aliphatic hydroxyl groups excluding tert-OH is 1. The third-order valence-corrected chi connectivity index (χ3v) is 4.43. The third kappa shape index (κ3) is 3.66. The van der Waals surface area contributed by atoms with E-state index in [1.54, 1.807) is 6.07 Å². The van der Waals surface area contributed by atoms with Crippen molar-refractivity contribution in [2.24, 2.45) is 0 Å². The highest BCUT2D eigenvalue weighted by Crippen LogP contribution is 2.35. The van der Waals surface area contributed by atoms with Crippen LogP contribution in [0, 0.1) is 17.0 Å². The van der Waals surface area contributed by atoms with Gasteiger partial charge in [-0.2, -0.15) is 0 Å². The first-order chi connectivity index (χ1) is 10.0. The molecule has 0 aromatic heterocycles. The van der Waals surface area contributed by atoms with Gasteiger partial charge in [0.25, 0.3) is 5.69 Å². The van der Waals surface area contributed by atoms with Crippen LogP contribution in [0.3, 0.4) is 0 Å². The van der Waals surface area contributed by atoms with E-state index in [0.717, 1.165) is 24.1 Å². The first-order valence-electron chi connectivity index (χ1n) is 7.36. The molecule has 116 valence electrons. The molecule has 1 aliphatic carbocycles. The summed E-state index contributed by atoms with van der Waals surface area (Å²) in [6.07, 6.45) is 5.81. The molecule has 2 rings (SSSR count). The van der Waals surface area contributed by atoms with Gasteiger partial charge in [0, 0.05) is 24.3 Å². The van der Waals surface area contributed by atoms with Gasteiger partial charge in [-0.15, -0.1) is 0 Å². The predicted molar refractivity (Wildman–Crippen MR) is 84.1 cm³/mol. The van der Waals surface area contributed by atoms with Crippen molar-refractivity contribution in [3.05, 3.63) is 32.8 Å². The standard InChI is InChI=1S/C15H21ClN2O3/c1-11-9-15(18(20)21)13(16)10-14(11)17(7-8-19)12-5-3-2-4-6-12/h9-10,12,19H,2-8H2,1H3. The Balaban J connectivity index is 2.35. The van der Waals surface area contributed by atoms with Gasteiger partial charge in [-0.25, -0.2) is 0 Å². The Hall–Kier alpha value is -1.33. The van der Waals surface area contributed by atoms with Crippen LogP contribution in [0.2, 0.25) is 5.02 Å². The zero-order chi connectivity index (χ0) is 15.4. The second-order valence-corrected chi connectivity index (χ2v) is 5.96. The number of rotatable bonds is 5. The van der Waals surface area contributed by atoms with E-state index in [4.69, 9.17) is 11.6 Å². The van der Waals surface area contributed by atoms with E-state index in [2.05, 4.69) is 4.90 Å². The van der Waals surface area contributed by atoms with Crippen molar-refractivity contribution in [2.45, 2.75) is 45.1 Å². The minimum atomic E-state index is -0.462. The molecule has 0 aliphatic heterocycles. The Bertz CT molecular complexity index is 516. The lowest BCUT2D eigenvalue weighted by molar-refractivity contribution is -0.384. The molecule has 0 atom stereocenters. The molecule has 0 spiro atoms. The summed E-state index contributed by atoms with van der Waals surface area (Å²) in [5.74, 6) is 0. The number of aryl methyl sites for hydroxylation is 1. The molecule has 0 amide bonds. The van der Waals surface area contributed by atoms with Crippen molar-refractivity contribution >= 4 is 23.0 Å². The number of nitrogens with zero attached hydrogens (tertiary/aromatic N) is 2. The molecule has 1 N–H and O–H groups in total. The number of halogens is 1. The van der Waals surface area contributed by atoms with E-state index in [-0.39, 0.29) is 17.3 Å². The average molecular weight is 313 g/mol. The van der Waals surface area contributed by atoms with Gasteiger partial charge in [-0.1, -0.05) is 30.9 Å². The highest BCUT2D eigenvalue weighted by atomic mass is 35.5. The van der Waals surface area contributed by atoms with Gasteiger partial charge in [-0.05, 0) is 31.4 Å². The van der Waals surface area contributed by atoms with Gasteiger partial charge in [0.1, 0.15) is 5.02 Å². The van der Waals surface area contributed by atoms with E-state index < -0.39 is 4.92 Å². The number of hydrogen-bond donors (Lipinski definition) is 1. The van der Waals surface area contributed by atoms with Gasteiger partial charge in [-0.3, -0.25) is 10.1 Å². The van der Waals surface area contributed by atoms with Crippen molar-refractivity contribution in [1.29, 1.82) is 0 Å². The summed E-state index contributed by atoms with van der Waals surface area (Å²) in [7, 11) is 0. The highest BCUT2D eigenvalue weighted by molar-refractivity contribution is 6.33. The molecule has 0 bridgehead atoms. The normalized spacial score (nSPS) is 16.0. The molecule has 5 nitrogen and oxygen atoms in total. The number of nitro groups is 1. The SMILES string of the molecule is Cc1cc([N+](=O)[O-])c(Cl)cc1N(CCO)C1CCCCC1. The minimum Gasteiger partial charge on any atom is -0.395 e. The Labute approximate surface area is 129 Å². The zero-order valence-electron chi connectivity index (χ0n) is 12.2. The third-order valence-electron chi connectivity index (χ3n) is 4.13. The first kappa shape index (κ1) is 16.0. The summed E-state index contributed by atoms with van der Waals surface area (Å²) in [4.78, 5) is 12.6. The smallest absolute Gasteiger partial charge is 0.288 e. The summed E-state index contributed by atoms with van der Waals surface area (Å²) in [6, 6.07) is 3.56. The van der Waals surface area contributed by atoms with E-state index in [1.165, 1.54) is 25.3 Å². The fraction of sp³-hybridized carbons (Fsp3) is 0.600. The number of nitro benzene ring substituents is 1. The van der Waals surface area contributed by atoms with E-state index >= 15 is 0 Å². The molecule has 1 aromatic carbocycles. The van der Waals surface area contributed by atoms with Crippen molar-refractivity contribution in [3.63, 3.8) is 0 Å². The maximum atomic E-state index is 11.0. The Morgan fingerprint density at radius 2 is 2.05 bits per heavy atom. The Kier molecular flexibility index (Phi) is 5.42. The minimum absolute atomic E-state index is 0.0601. The lowest BCUT2D eigenvalue weighted by atomic mass is 9.93. The highest BCUT2D eigenvalue weighted by Gasteiger charge is 2.24. The maximum absolute atomic E-state index is 11.0. The van der Waals surface area contributed by atoms with Crippen LogP contribution in [-0.2, 0) is 0 Å². The molecule has 21 heavy (non-hydrogen) atoms. The van der Waals surface area contributed by atoms with Crippen LogP contribution in [-0.4, -0.2) is 29.2 Å². The number of anilines is 1. The molecule has 1 fully saturated rings. The molecule has 0 saturated heterocycles. The molecule has 0 radical (unpaired) electrons. The Morgan fingerprint density at radius 1 is 1.38 bits per heavy atom. The lowest BCUT2D eigenvalue weighted by Crippen LogP contribution is -2.39. The van der Waals surface area contributed by atoms with Crippen molar-refractivity contribution in [2.75, 3.05) is 18.1 Å². The fourth-order valence-electron chi connectivity index (χ4n) is 3.11. The molecular weight excluding hydrogens is 292 g/mol. The van der Waals surface area contributed by atoms with Crippen LogP contribution >= 0.6 is 11.6 Å². The monoisotopic (exact) mass is 312 g/mol. The van der Waals surface area contributed by atoms with Crippen LogP contribution < -0.4 is 4.90 Å². The summed E-state index contributed by atoms with van der Waals surface area (Å²) in [5.41, 5.74) is 1.65. The maximum Gasteiger partial charge on any atom is 0.288 e. The first-order valence-corrected chi connectivity index (χ1v) is 7.74. The predicted octanol–water partition coefficient (Wildman–Crippen LogP) is 3.69. The number of hydrogen-bond acceptors (Lipinski definition) is 4. The fourth-order valence-corrected chi connectivity index (χ4v) is 3.33. The van der Waals surface area contributed by atoms with E-state index in [0.29, 0.717) is 12.6 Å². The summed E-state index contributed by atoms with van der Waals surface area (Å²) >= 11 is 6.05. The lowest BCUT2D eigenvalue weighted by Gasteiger charge is -2.36. The van der Waals surface area contributed by atoms with Gasteiger partial charge in [0.15, 0.2) is 0 Å². The molecule has 0 heterocycles. The van der Waals surface area contributed by atoms with Crippen LogP contribution in [0.25, 0.3) is 0 Å². The molecule has 1 saturated carbocycles. The molecule has 1 aliphatic rings. The molecule has 1 aromatic rings. The molecular formula is C15H21ClN2O3. The molecule has 0 unspecified atom stereocenters. The van der Waals surface area contributed by atoms with Crippen molar-refractivity contribution in [3.8, 4) is 0 Å². The topological polar surface area (TPSA) is 66.6 Å². The van der Waals surface area contributed by atoms with Crippen LogP contribution in [0.4, 0.5) is 11.4 Å². The van der Waals surface area contributed by atoms with Gasteiger partial charge in [0.05, 0.1) is 11.5 Å². The van der Waals surface area contributed by atoms with Crippen LogP contribution in [0.15, 0.2) is 12.1 Å². The van der Waals surface area contributed by atoms with Gasteiger partial charge < -0.3 is 10.0 Å². The van der Waals surface area contributed by atoms with Crippen LogP contribution in [0.5, 0.6) is 0 Å². The van der Waals surface area contributed by atoms with Crippen molar-refractivity contribution < 1.29 is 10.0 Å². The summed E-state index contributed by atoms with van der Waals surface area (Å²) in [5, 5.41) is 20.5. The summed E-state index contributed by atoms with van der Waals surface area (Å²) < 4.78 is 0. The number of aliphatic hydroxyl groups is 1. The van der Waals surface area contributed by atoms with Crippen molar-refractivity contribution in [1.82, 2.24) is 0 Å². The van der Waals surface area contributed by atoms with E-state index in [1.807, 2.05) is 6.92 Å². The number of benzene rings is 1. The second kappa shape index (κ2) is 7.09. The molecule has 6 heteroatoms. The van der Waals surface area contributed by atoms with E-state index in [9.17, 15) is 15.2 Å². The second-order valence-electron chi connectivity index (χ2n) is 5.56. The quantitative estimate of drug-likeness (QED) is 0.665. The van der Waals surface area contributed by atoms with Gasteiger partial charge in [0.2, 0.25) is 0 Å². The Morgan fingerprint density at radius 3 is 2.62 bits per heavy atom.